The molecule has 0 aromatic heterocycles. The molecule has 0 bridgehead atoms. The number of alkyl halides is 1. The molecule has 1 saturated heterocycles. The maximum absolute atomic E-state index is 14.0. The summed E-state index contributed by atoms with van der Waals surface area (Å²) in [5.74, 6) is -0.858. The first-order valence-electron chi connectivity index (χ1n) is 7.67. The van der Waals surface area contributed by atoms with Crippen molar-refractivity contribution in [2.75, 3.05) is 20.2 Å². The number of methoxy groups -OCH3 is 1. The van der Waals surface area contributed by atoms with Crippen LogP contribution in [0.4, 0.5) is 4.39 Å². The number of hydrogen-bond donors (Lipinski definition) is 1. The van der Waals surface area contributed by atoms with Crippen molar-refractivity contribution in [1.82, 2.24) is 4.90 Å². The molecule has 1 fully saturated rings. The van der Waals surface area contributed by atoms with Gasteiger partial charge in [-0.05, 0) is 24.0 Å². The Balaban J connectivity index is 1.92. The number of carboxylic acids is 1. The molecule has 0 radical (unpaired) electrons. The van der Waals surface area contributed by atoms with Crippen LogP contribution in [0.25, 0.3) is 0 Å². The summed E-state index contributed by atoms with van der Waals surface area (Å²) < 4.78 is 19.3. The summed E-state index contributed by atoms with van der Waals surface area (Å²) in [4.78, 5) is 24.5. The lowest BCUT2D eigenvalue weighted by molar-refractivity contribution is -0.150. The van der Waals surface area contributed by atoms with Crippen LogP contribution in [0.3, 0.4) is 0 Å². The van der Waals surface area contributed by atoms with Crippen molar-refractivity contribution in [1.29, 1.82) is 0 Å². The van der Waals surface area contributed by atoms with Crippen molar-refractivity contribution < 1.29 is 23.8 Å². The number of hydrogen-bond acceptors (Lipinski definition) is 3. The second-order valence-electron chi connectivity index (χ2n) is 6.16. The number of nitrogens with zero attached hydrogens (tertiary/aromatic N) is 1. The van der Waals surface area contributed by atoms with E-state index in [1.54, 1.807) is 7.11 Å². The summed E-state index contributed by atoms with van der Waals surface area (Å²) in [5.41, 5.74) is -1.29. The number of amides is 1. The Morgan fingerprint density at radius 3 is 2.74 bits per heavy atom. The van der Waals surface area contributed by atoms with Crippen LogP contribution in [-0.2, 0) is 16.0 Å². The van der Waals surface area contributed by atoms with Gasteiger partial charge >= 0.3 is 5.97 Å². The highest BCUT2D eigenvalue weighted by molar-refractivity contribution is 5.82. The van der Waals surface area contributed by atoms with E-state index in [1.807, 2.05) is 31.2 Å². The number of likely N-dealkylation sites (tertiary alicyclic amines) is 1. The van der Waals surface area contributed by atoms with Crippen molar-refractivity contribution in [2.24, 2.45) is 5.92 Å². The van der Waals surface area contributed by atoms with Gasteiger partial charge in [0, 0.05) is 19.4 Å². The molecule has 1 aromatic rings. The molecule has 6 heteroatoms. The standard InChI is InChI=1S/C17H22FNO4/c1-12(9-13-5-3-4-6-14(13)23-2)10-15(20)19-8-7-17(18,11-19)16(21)22/h3-6,12H,7-11H2,1-2H3,(H,21,22). The molecular weight excluding hydrogens is 301 g/mol. The Labute approximate surface area is 135 Å². The van der Waals surface area contributed by atoms with Gasteiger partial charge in [0.05, 0.1) is 13.7 Å². The molecule has 5 nitrogen and oxygen atoms in total. The zero-order valence-corrected chi connectivity index (χ0v) is 13.4. The molecule has 1 aliphatic heterocycles. The van der Waals surface area contributed by atoms with Crippen molar-refractivity contribution in [3.05, 3.63) is 29.8 Å². The van der Waals surface area contributed by atoms with Gasteiger partial charge in [0.2, 0.25) is 11.6 Å². The number of para-hydroxylation sites is 1. The fraction of sp³-hybridized carbons (Fsp3) is 0.529. The largest absolute Gasteiger partial charge is 0.496 e. The van der Waals surface area contributed by atoms with Crippen molar-refractivity contribution in [2.45, 2.75) is 31.9 Å². The summed E-state index contributed by atoms with van der Waals surface area (Å²) in [6.45, 7) is 1.74. The lowest BCUT2D eigenvalue weighted by Crippen LogP contribution is -2.39. The van der Waals surface area contributed by atoms with Gasteiger partial charge in [-0.1, -0.05) is 25.1 Å². The van der Waals surface area contributed by atoms with E-state index >= 15 is 0 Å². The smallest absolute Gasteiger partial charge is 0.343 e. The first kappa shape index (κ1) is 17.2. The first-order valence-corrected chi connectivity index (χ1v) is 7.67. The van der Waals surface area contributed by atoms with Gasteiger partial charge in [0.25, 0.3) is 0 Å². The highest BCUT2D eigenvalue weighted by atomic mass is 19.1. The average molecular weight is 323 g/mol. The monoisotopic (exact) mass is 323 g/mol. The van der Waals surface area contributed by atoms with E-state index in [2.05, 4.69) is 0 Å². The predicted octanol–water partition coefficient (Wildman–Crippen LogP) is 2.29. The minimum atomic E-state index is -2.30. The summed E-state index contributed by atoms with van der Waals surface area (Å²) in [6.07, 6.45) is 0.784. The Bertz CT molecular complexity index is 592. The molecule has 1 amide bonds. The molecule has 1 heterocycles. The molecule has 23 heavy (non-hydrogen) atoms. The minimum absolute atomic E-state index is 0.0539. The van der Waals surface area contributed by atoms with Crippen LogP contribution >= 0.6 is 0 Å². The number of carboxylic acid groups (broad SMARTS) is 1. The van der Waals surface area contributed by atoms with E-state index in [0.717, 1.165) is 11.3 Å². The van der Waals surface area contributed by atoms with Crippen LogP contribution in [0.15, 0.2) is 24.3 Å². The van der Waals surface area contributed by atoms with Crippen LogP contribution < -0.4 is 4.74 Å². The average Bonchev–Trinajstić information content (AvgIpc) is 2.92. The molecule has 2 unspecified atom stereocenters. The summed E-state index contributed by atoms with van der Waals surface area (Å²) >= 11 is 0. The number of benzene rings is 1. The highest BCUT2D eigenvalue weighted by Crippen LogP contribution is 2.28. The molecule has 2 rings (SSSR count). The number of rotatable bonds is 6. The van der Waals surface area contributed by atoms with Crippen molar-refractivity contribution >= 4 is 11.9 Å². The topological polar surface area (TPSA) is 66.8 Å². The van der Waals surface area contributed by atoms with Crippen LogP contribution in [0.5, 0.6) is 5.75 Å². The molecule has 2 atom stereocenters. The molecule has 0 spiro atoms. The molecule has 126 valence electrons. The summed E-state index contributed by atoms with van der Waals surface area (Å²) in [6, 6.07) is 7.62. The third-order valence-corrected chi connectivity index (χ3v) is 4.24. The maximum Gasteiger partial charge on any atom is 0.343 e. The van der Waals surface area contributed by atoms with E-state index in [9.17, 15) is 14.0 Å². The Morgan fingerprint density at radius 2 is 2.13 bits per heavy atom. The molecule has 1 N–H and O–H groups in total. The van der Waals surface area contributed by atoms with Gasteiger partial charge in [0.1, 0.15) is 5.75 Å². The van der Waals surface area contributed by atoms with Gasteiger partial charge in [-0.15, -0.1) is 0 Å². The van der Waals surface area contributed by atoms with E-state index in [4.69, 9.17) is 9.84 Å². The SMILES string of the molecule is COc1ccccc1CC(C)CC(=O)N1CCC(F)(C(=O)O)C1. The van der Waals surface area contributed by atoms with E-state index in [0.29, 0.717) is 6.42 Å². The number of carbonyl (C=O) groups excluding carboxylic acids is 1. The van der Waals surface area contributed by atoms with Crippen LogP contribution in [0, 0.1) is 5.92 Å². The second kappa shape index (κ2) is 6.98. The van der Waals surface area contributed by atoms with E-state index in [-0.39, 0.29) is 37.8 Å². The first-order chi connectivity index (χ1) is 10.9. The summed E-state index contributed by atoms with van der Waals surface area (Å²) in [7, 11) is 1.60. The molecular formula is C17H22FNO4. The maximum atomic E-state index is 14.0. The number of ether oxygens (including phenoxy) is 1. The second-order valence-corrected chi connectivity index (χ2v) is 6.16. The van der Waals surface area contributed by atoms with E-state index in [1.165, 1.54) is 4.90 Å². The molecule has 0 aliphatic carbocycles. The quantitative estimate of drug-likeness (QED) is 0.872. The number of halogens is 1. The van der Waals surface area contributed by atoms with Crippen molar-refractivity contribution in [3.63, 3.8) is 0 Å². The van der Waals surface area contributed by atoms with Crippen LogP contribution in [0.2, 0.25) is 0 Å². The zero-order valence-electron chi connectivity index (χ0n) is 13.4. The Morgan fingerprint density at radius 1 is 1.43 bits per heavy atom. The predicted molar refractivity (Wildman–Crippen MR) is 83.2 cm³/mol. The normalized spacial score (nSPS) is 22.0. The van der Waals surface area contributed by atoms with E-state index < -0.39 is 11.6 Å². The highest BCUT2D eigenvalue weighted by Gasteiger charge is 2.46. The van der Waals surface area contributed by atoms with Gasteiger partial charge in [-0.2, -0.15) is 0 Å². The Kier molecular flexibility index (Phi) is 5.23. The lowest BCUT2D eigenvalue weighted by Gasteiger charge is -2.20. The summed E-state index contributed by atoms with van der Waals surface area (Å²) in [5, 5.41) is 8.88. The minimum Gasteiger partial charge on any atom is -0.496 e. The Hall–Kier alpha value is -2.11. The van der Waals surface area contributed by atoms with Gasteiger partial charge in [-0.3, -0.25) is 4.79 Å². The molecule has 1 aliphatic rings. The fourth-order valence-electron chi connectivity index (χ4n) is 2.91. The fourth-order valence-corrected chi connectivity index (χ4v) is 2.91. The number of carbonyl (C=O) groups is 2. The van der Waals surface area contributed by atoms with Crippen molar-refractivity contribution in [3.8, 4) is 5.75 Å². The van der Waals surface area contributed by atoms with Gasteiger partial charge in [0.15, 0.2) is 0 Å². The number of aliphatic carboxylic acids is 1. The van der Waals surface area contributed by atoms with Gasteiger partial charge in [-0.25, -0.2) is 9.18 Å². The molecule has 1 aromatic carbocycles. The zero-order chi connectivity index (χ0) is 17.0. The lowest BCUT2D eigenvalue weighted by atomic mass is 9.97. The third kappa shape index (κ3) is 4.00. The third-order valence-electron chi connectivity index (χ3n) is 4.24. The van der Waals surface area contributed by atoms with Gasteiger partial charge < -0.3 is 14.7 Å². The molecule has 0 saturated carbocycles. The van der Waals surface area contributed by atoms with Crippen LogP contribution in [-0.4, -0.2) is 47.8 Å². The van der Waals surface area contributed by atoms with Crippen LogP contribution in [0.1, 0.15) is 25.3 Å².